The third-order valence-corrected chi connectivity index (χ3v) is 5.82. The average Bonchev–Trinajstić information content (AvgIpc) is 3.39. The highest BCUT2D eigenvalue weighted by atomic mass is 35.5. The van der Waals surface area contributed by atoms with Gasteiger partial charge in [-0.05, 0) is 29.7 Å². The average molecular weight is 381 g/mol. The van der Waals surface area contributed by atoms with Crippen molar-refractivity contribution in [1.82, 2.24) is 0 Å². The fourth-order valence-electron chi connectivity index (χ4n) is 4.34. The molecule has 2 atom stereocenters. The number of carbonyl (C=O) groups excluding carboxylic acids is 3. The van der Waals surface area contributed by atoms with Crippen LogP contribution >= 0.6 is 11.6 Å². The SMILES string of the molecule is O=C1C=CC(=O)C23OC12C(=O)C(Cl)=CC31Oc2cccc3cccc(c23)O1. The van der Waals surface area contributed by atoms with Gasteiger partial charge in [0.05, 0.1) is 10.4 Å². The Bertz CT molecular complexity index is 1150. The monoisotopic (exact) mass is 380 g/mol. The summed E-state index contributed by atoms with van der Waals surface area (Å²) < 4.78 is 17.9. The van der Waals surface area contributed by atoms with Gasteiger partial charge in [0.2, 0.25) is 11.4 Å². The molecule has 0 aromatic heterocycles. The van der Waals surface area contributed by atoms with Gasteiger partial charge in [-0.1, -0.05) is 35.9 Å². The van der Waals surface area contributed by atoms with Gasteiger partial charge in [0.25, 0.3) is 5.60 Å². The number of hydrogen-bond donors (Lipinski definition) is 0. The van der Waals surface area contributed by atoms with Crippen molar-refractivity contribution in [2.45, 2.75) is 17.0 Å². The number of carbonyl (C=O) groups is 3. The summed E-state index contributed by atoms with van der Waals surface area (Å²) in [7, 11) is 0. The molecule has 2 unspecified atom stereocenters. The minimum absolute atomic E-state index is 0.272. The Hall–Kier alpha value is -2.96. The highest BCUT2D eigenvalue weighted by Gasteiger charge is 2.94. The maximum atomic E-state index is 12.9. The normalized spacial score (nSPS) is 31.7. The van der Waals surface area contributed by atoms with Crippen LogP contribution in [0.4, 0.5) is 0 Å². The minimum atomic E-state index is -2.04. The highest BCUT2D eigenvalue weighted by Crippen LogP contribution is 2.65. The van der Waals surface area contributed by atoms with Crippen molar-refractivity contribution < 1.29 is 28.6 Å². The van der Waals surface area contributed by atoms with Gasteiger partial charge in [0.1, 0.15) is 11.5 Å². The summed E-state index contributed by atoms with van der Waals surface area (Å²) in [4.78, 5) is 38.1. The van der Waals surface area contributed by atoms with Crippen LogP contribution in [-0.4, -0.2) is 34.3 Å². The molecule has 27 heavy (non-hydrogen) atoms. The maximum Gasteiger partial charge on any atom is 0.314 e. The van der Waals surface area contributed by atoms with E-state index < -0.39 is 34.3 Å². The van der Waals surface area contributed by atoms with Crippen molar-refractivity contribution in [3.8, 4) is 11.5 Å². The molecule has 6 rings (SSSR count). The van der Waals surface area contributed by atoms with E-state index in [0.29, 0.717) is 11.5 Å². The lowest BCUT2D eigenvalue weighted by Crippen LogP contribution is -2.67. The molecule has 2 aromatic carbocycles. The van der Waals surface area contributed by atoms with Crippen molar-refractivity contribution in [1.29, 1.82) is 0 Å². The van der Waals surface area contributed by atoms with Gasteiger partial charge >= 0.3 is 5.79 Å². The van der Waals surface area contributed by atoms with Gasteiger partial charge < -0.3 is 14.2 Å². The third-order valence-electron chi connectivity index (χ3n) is 5.54. The van der Waals surface area contributed by atoms with Crippen LogP contribution in [0.1, 0.15) is 0 Å². The van der Waals surface area contributed by atoms with E-state index in [4.69, 9.17) is 25.8 Å². The smallest absolute Gasteiger partial charge is 0.314 e. The van der Waals surface area contributed by atoms with Crippen LogP contribution in [0.3, 0.4) is 0 Å². The van der Waals surface area contributed by atoms with Gasteiger partial charge in [-0.3, -0.25) is 14.4 Å². The zero-order valence-electron chi connectivity index (χ0n) is 13.5. The van der Waals surface area contributed by atoms with E-state index in [-0.39, 0.29) is 5.03 Å². The Balaban J connectivity index is 1.66. The molecule has 0 N–H and O–H groups in total. The molecule has 2 aliphatic heterocycles. The topological polar surface area (TPSA) is 82.2 Å². The molecular formula is C20H9ClO6. The van der Waals surface area contributed by atoms with Crippen molar-refractivity contribution in [3.05, 3.63) is 59.7 Å². The summed E-state index contributed by atoms with van der Waals surface area (Å²) in [5, 5.41) is 1.33. The van der Waals surface area contributed by atoms with Crippen LogP contribution in [0.5, 0.6) is 11.5 Å². The quantitative estimate of drug-likeness (QED) is 0.515. The number of ether oxygens (including phenoxy) is 3. The first-order valence-corrected chi connectivity index (χ1v) is 8.63. The molecule has 2 aromatic rings. The Morgan fingerprint density at radius 1 is 0.852 bits per heavy atom. The van der Waals surface area contributed by atoms with Crippen LogP contribution in [0.25, 0.3) is 10.8 Å². The number of benzene rings is 2. The molecule has 4 aliphatic rings. The lowest BCUT2D eigenvalue weighted by Gasteiger charge is -2.42. The molecule has 7 heteroatoms. The molecule has 0 saturated carbocycles. The number of rotatable bonds is 0. The number of halogens is 1. The van der Waals surface area contributed by atoms with Crippen LogP contribution in [0.15, 0.2) is 59.7 Å². The van der Waals surface area contributed by atoms with Crippen molar-refractivity contribution in [2.24, 2.45) is 0 Å². The molecule has 0 bridgehead atoms. The van der Waals surface area contributed by atoms with Crippen molar-refractivity contribution >= 4 is 39.7 Å². The molecule has 2 heterocycles. The molecular weight excluding hydrogens is 372 g/mol. The summed E-state index contributed by atoms with van der Waals surface area (Å²) in [6.45, 7) is 0. The van der Waals surface area contributed by atoms with Gasteiger partial charge in [-0.25, -0.2) is 0 Å². The summed E-state index contributed by atoms with van der Waals surface area (Å²) in [6.07, 6.45) is 3.34. The van der Waals surface area contributed by atoms with E-state index in [1.165, 1.54) is 6.08 Å². The zero-order chi connectivity index (χ0) is 18.6. The first kappa shape index (κ1) is 15.1. The Morgan fingerprint density at radius 2 is 1.48 bits per heavy atom. The molecule has 1 spiro atoms. The number of epoxide rings is 1. The Morgan fingerprint density at radius 3 is 2.15 bits per heavy atom. The fraction of sp³-hybridized carbons (Fsp3) is 0.150. The fourth-order valence-corrected chi connectivity index (χ4v) is 4.62. The second kappa shape index (κ2) is 4.30. The first-order valence-electron chi connectivity index (χ1n) is 8.25. The lowest BCUT2D eigenvalue weighted by molar-refractivity contribution is -0.157. The molecule has 0 radical (unpaired) electrons. The maximum absolute atomic E-state index is 12.9. The highest BCUT2D eigenvalue weighted by molar-refractivity contribution is 6.49. The van der Waals surface area contributed by atoms with E-state index in [0.717, 1.165) is 22.9 Å². The predicted molar refractivity (Wildman–Crippen MR) is 92.6 cm³/mol. The number of hydrogen-bond acceptors (Lipinski definition) is 6. The standard InChI is InChI=1S/C20H9ClO6/c21-11-9-18(20-15(23)8-7-14(22)19(20,27-20)17(11)24)25-12-5-1-3-10-4-2-6-13(26-18)16(10)12/h1-9H. The number of ketones is 3. The molecule has 2 aliphatic carbocycles. The lowest BCUT2D eigenvalue weighted by atomic mass is 9.70. The van der Waals surface area contributed by atoms with Crippen LogP contribution in [-0.2, 0) is 19.1 Å². The molecule has 1 saturated heterocycles. The minimum Gasteiger partial charge on any atom is -0.445 e. The summed E-state index contributed by atoms with van der Waals surface area (Å²) in [6, 6.07) is 10.8. The van der Waals surface area contributed by atoms with E-state index in [1.807, 2.05) is 12.1 Å². The van der Waals surface area contributed by atoms with E-state index in [1.54, 1.807) is 24.3 Å². The second-order valence-corrected chi connectivity index (χ2v) is 7.24. The Kier molecular flexibility index (Phi) is 2.41. The van der Waals surface area contributed by atoms with Gasteiger partial charge in [-0.15, -0.1) is 0 Å². The zero-order valence-corrected chi connectivity index (χ0v) is 14.3. The molecule has 1 fully saturated rings. The largest absolute Gasteiger partial charge is 0.445 e. The predicted octanol–water partition coefficient (Wildman–Crippen LogP) is 2.23. The summed E-state index contributed by atoms with van der Waals surface area (Å²) in [5.41, 5.74) is -3.97. The van der Waals surface area contributed by atoms with Crippen LogP contribution in [0.2, 0.25) is 0 Å². The first-order chi connectivity index (χ1) is 13.0. The molecule has 132 valence electrons. The van der Waals surface area contributed by atoms with Crippen LogP contribution < -0.4 is 9.47 Å². The molecule has 6 nitrogen and oxygen atoms in total. The van der Waals surface area contributed by atoms with Crippen molar-refractivity contribution in [3.63, 3.8) is 0 Å². The van der Waals surface area contributed by atoms with Crippen molar-refractivity contribution in [2.75, 3.05) is 0 Å². The van der Waals surface area contributed by atoms with Crippen LogP contribution in [0, 0.1) is 0 Å². The third kappa shape index (κ3) is 1.41. The van der Waals surface area contributed by atoms with Gasteiger partial charge in [0.15, 0.2) is 11.6 Å². The summed E-state index contributed by atoms with van der Waals surface area (Å²) in [5.74, 6) is -2.97. The summed E-state index contributed by atoms with van der Waals surface area (Å²) >= 11 is 6.15. The van der Waals surface area contributed by atoms with E-state index in [9.17, 15) is 14.4 Å². The molecule has 0 amide bonds. The van der Waals surface area contributed by atoms with Gasteiger partial charge in [0, 0.05) is 6.08 Å². The van der Waals surface area contributed by atoms with E-state index in [2.05, 4.69) is 0 Å². The number of Topliss-reactive ketones (excluding diaryl/α,β-unsaturated/α-hetero) is 1. The second-order valence-electron chi connectivity index (χ2n) is 6.83. The Labute approximate surface area is 156 Å². The van der Waals surface area contributed by atoms with E-state index >= 15 is 0 Å². The van der Waals surface area contributed by atoms with Gasteiger partial charge in [-0.2, -0.15) is 0 Å².